The molecule has 16 heavy (non-hydrogen) atoms. The van der Waals surface area contributed by atoms with Gasteiger partial charge in [0.25, 0.3) is 5.56 Å². The minimum Gasteiger partial charge on any atom is -0.305 e. The fourth-order valence-electron chi connectivity index (χ4n) is 1.27. The number of rotatable bonds is 2. The SMILES string of the molecule is Cc1cc(N=Cc2c[nH][nH]c2=O)ccc1Cl. The third kappa shape index (κ3) is 2.23. The highest BCUT2D eigenvalue weighted by atomic mass is 35.5. The molecule has 4 nitrogen and oxygen atoms in total. The molecule has 2 N–H and O–H groups in total. The maximum atomic E-state index is 11.2. The first-order chi connectivity index (χ1) is 7.66. The van der Waals surface area contributed by atoms with Crippen molar-refractivity contribution in [2.45, 2.75) is 6.92 Å². The van der Waals surface area contributed by atoms with Gasteiger partial charge in [0.1, 0.15) is 0 Å². The molecule has 0 atom stereocenters. The molecule has 0 bridgehead atoms. The molecule has 1 heterocycles. The van der Waals surface area contributed by atoms with Gasteiger partial charge in [-0.1, -0.05) is 11.6 Å². The smallest absolute Gasteiger partial charge is 0.272 e. The zero-order valence-electron chi connectivity index (χ0n) is 8.62. The number of hydrogen-bond donors (Lipinski definition) is 2. The fraction of sp³-hybridized carbons (Fsp3) is 0.0909. The molecule has 2 rings (SSSR count). The van der Waals surface area contributed by atoms with Crippen LogP contribution in [-0.4, -0.2) is 16.4 Å². The van der Waals surface area contributed by atoms with E-state index in [2.05, 4.69) is 15.2 Å². The number of aromatic amines is 2. The summed E-state index contributed by atoms with van der Waals surface area (Å²) in [6.07, 6.45) is 3.08. The van der Waals surface area contributed by atoms with E-state index in [1.54, 1.807) is 18.3 Å². The molecule has 0 aliphatic carbocycles. The highest BCUT2D eigenvalue weighted by Crippen LogP contribution is 2.21. The van der Waals surface area contributed by atoms with Crippen molar-refractivity contribution in [3.63, 3.8) is 0 Å². The van der Waals surface area contributed by atoms with Crippen molar-refractivity contribution in [1.82, 2.24) is 10.2 Å². The van der Waals surface area contributed by atoms with Gasteiger partial charge in [-0.3, -0.25) is 14.9 Å². The summed E-state index contributed by atoms with van der Waals surface area (Å²) in [5, 5.41) is 5.74. The average Bonchev–Trinajstić information content (AvgIpc) is 2.66. The van der Waals surface area contributed by atoms with Crippen LogP contribution in [0.5, 0.6) is 0 Å². The zero-order chi connectivity index (χ0) is 11.5. The van der Waals surface area contributed by atoms with Gasteiger partial charge in [0.2, 0.25) is 0 Å². The second kappa shape index (κ2) is 4.37. The standard InChI is InChI=1S/C11H10ClN3O/c1-7-4-9(2-3-10(7)12)13-5-8-6-14-15-11(8)16/h2-6H,1H3,(H2,14,15,16). The predicted molar refractivity (Wildman–Crippen MR) is 64.9 cm³/mol. The van der Waals surface area contributed by atoms with Crippen molar-refractivity contribution < 1.29 is 0 Å². The summed E-state index contributed by atoms with van der Waals surface area (Å²) in [5.41, 5.74) is 2.03. The molecular formula is C11H10ClN3O. The molecule has 5 heteroatoms. The first-order valence-electron chi connectivity index (χ1n) is 4.73. The summed E-state index contributed by atoms with van der Waals surface area (Å²) in [6, 6.07) is 5.44. The predicted octanol–water partition coefficient (Wildman–Crippen LogP) is 2.42. The highest BCUT2D eigenvalue weighted by Gasteiger charge is 1.97. The van der Waals surface area contributed by atoms with E-state index in [1.165, 1.54) is 6.21 Å². The topological polar surface area (TPSA) is 61.0 Å². The summed E-state index contributed by atoms with van der Waals surface area (Å²) in [7, 11) is 0. The lowest BCUT2D eigenvalue weighted by atomic mass is 10.2. The number of aromatic nitrogens is 2. The maximum absolute atomic E-state index is 11.2. The third-order valence-corrected chi connectivity index (χ3v) is 2.59. The minimum absolute atomic E-state index is 0.186. The molecule has 0 fully saturated rings. The van der Waals surface area contributed by atoms with Crippen LogP contribution < -0.4 is 5.56 Å². The van der Waals surface area contributed by atoms with E-state index in [0.29, 0.717) is 10.6 Å². The van der Waals surface area contributed by atoms with Crippen LogP contribution in [0, 0.1) is 6.92 Å². The largest absolute Gasteiger partial charge is 0.305 e. The lowest BCUT2D eigenvalue weighted by Gasteiger charge is -1.97. The van der Waals surface area contributed by atoms with E-state index in [0.717, 1.165) is 11.3 Å². The molecule has 2 aromatic rings. The van der Waals surface area contributed by atoms with Crippen molar-refractivity contribution in [2.24, 2.45) is 4.99 Å². The Kier molecular flexibility index (Phi) is 2.92. The number of benzene rings is 1. The lowest BCUT2D eigenvalue weighted by Crippen LogP contribution is -2.03. The molecule has 0 saturated heterocycles. The first-order valence-corrected chi connectivity index (χ1v) is 5.11. The van der Waals surface area contributed by atoms with E-state index in [1.807, 2.05) is 13.0 Å². The van der Waals surface area contributed by atoms with Crippen LogP contribution in [0.4, 0.5) is 5.69 Å². The summed E-state index contributed by atoms with van der Waals surface area (Å²) in [5.74, 6) is 0. The fourth-order valence-corrected chi connectivity index (χ4v) is 1.38. The molecule has 0 radical (unpaired) electrons. The quantitative estimate of drug-likeness (QED) is 0.772. The van der Waals surface area contributed by atoms with Gasteiger partial charge in [0.05, 0.1) is 11.3 Å². The van der Waals surface area contributed by atoms with Crippen molar-refractivity contribution in [3.8, 4) is 0 Å². The van der Waals surface area contributed by atoms with E-state index in [9.17, 15) is 4.79 Å². The number of nitrogens with one attached hydrogen (secondary N) is 2. The molecule has 0 amide bonds. The second-order valence-electron chi connectivity index (χ2n) is 3.39. The van der Waals surface area contributed by atoms with Crippen LogP contribution in [0.2, 0.25) is 5.02 Å². The van der Waals surface area contributed by atoms with Gasteiger partial charge in [-0.2, -0.15) is 0 Å². The molecule has 1 aromatic heterocycles. The van der Waals surface area contributed by atoms with Crippen LogP contribution in [0.15, 0.2) is 34.2 Å². The number of aliphatic imine (C=N–C) groups is 1. The monoisotopic (exact) mass is 235 g/mol. The van der Waals surface area contributed by atoms with Crippen LogP contribution in [0.1, 0.15) is 11.1 Å². The average molecular weight is 236 g/mol. The van der Waals surface area contributed by atoms with Crippen LogP contribution in [0.25, 0.3) is 0 Å². The Morgan fingerprint density at radius 2 is 2.25 bits per heavy atom. The van der Waals surface area contributed by atoms with Gasteiger partial charge in [0, 0.05) is 17.4 Å². The van der Waals surface area contributed by atoms with E-state index in [4.69, 9.17) is 11.6 Å². The number of aryl methyl sites for hydroxylation is 1. The molecule has 0 spiro atoms. The van der Waals surface area contributed by atoms with E-state index < -0.39 is 0 Å². The van der Waals surface area contributed by atoms with Gasteiger partial charge in [-0.15, -0.1) is 0 Å². The Hall–Kier alpha value is -1.81. The van der Waals surface area contributed by atoms with Crippen LogP contribution >= 0.6 is 11.6 Å². The van der Waals surface area contributed by atoms with E-state index >= 15 is 0 Å². The Morgan fingerprint density at radius 3 is 2.88 bits per heavy atom. The summed E-state index contributed by atoms with van der Waals surface area (Å²) in [6.45, 7) is 1.91. The summed E-state index contributed by atoms with van der Waals surface area (Å²) < 4.78 is 0. The summed E-state index contributed by atoms with van der Waals surface area (Å²) >= 11 is 5.89. The Bertz CT molecular complexity index is 583. The molecular weight excluding hydrogens is 226 g/mol. The highest BCUT2D eigenvalue weighted by molar-refractivity contribution is 6.31. The van der Waals surface area contributed by atoms with Crippen LogP contribution in [-0.2, 0) is 0 Å². The van der Waals surface area contributed by atoms with Crippen molar-refractivity contribution >= 4 is 23.5 Å². The zero-order valence-corrected chi connectivity index (χ0v) is 9.38. The van der Waals surface area contributed by atoms with Crippen molar-refractivity contribution in [1.29, 1.82) is 0 Å². The van der Waals surface area contributed by atoms with Gasteiger partial charge < -0.3 is 5.10 Å². The second-order valence-corrected chi connectivity index (χ2v) is 3.80. The molecule has 1 aromatic carbocycles. The number of nitrogens with zero attached hydrogens (tertiary/aromatic N) is 1. The van der Waals surface area contributed by atoms with Gasteiger partial charge in [-0.25, -0.2) is 0 Å². The lowest BCUT2D eigenvalue weighted by molar-refractivity contribution is 1.06. The van der Waals surface area contributed by atoms with Crippen molar-refractivity contribution in [2.75, 3.05) is 0 Å². The molecule has 0 aliphatic rings. The Balaban J connectivity index is 2.27. The number of H-pyrrole nitrogens is 2. The maximum Gasteiger partial charge on any atom is 0.272 e. The van der Waals surface area contributed by atoms with Gasteiger partial charge >= 0.3 is 0 Å². The number of hydrogen-bond acceptors (Lipinski definition) is 2. The molecule has 0 unspecified atom stereocenters. The minimum atomic E-state index is -0.186. The molecule has 82 valence electrons. The Labute approximate surface area is 97.0 Å². The third-order valence-electron chi connectivity index (χ3n) is 2.17. The van der Waals surface area contributed by atoms with Gasteiger partial charge in [-0.05, 0) is 30.7 Å². The Morgan fingerprint density at radius 1 is 1.44 bits per heavy atom. The van der Waals surface area contributed by atoms with Crippen molar-refractivity contribution in [3.05, 3.63) is 50.9 Å². The van der Waals surface area contributed by atoms with Crippen LogP contribution in [0.3, 0.4) is 0 Å². The summed E-state index contributed by atoms with van der Waals surface area (Å²) in [4.78, 5) is 15.4. The van der Waals surface area contributed by atoms with E-state index in [-0.39, 0.29) is 5.56 Å². The molecule has 0 saturated carbocycles. The van der Waals surface area contributed by atoms with Gasteiger partial charge in [0.15, 0.2) is 0 Å². The number of halogens is 1. The molecule has 0 aliphatic heterocycles. The first kappa shape index (κ1) is 10.7. The normalized spacial score (nSPS) is 11.1.